The second-order valence-corrected chi connectivity index (χ2v) is 7.07. The van der Waals surface area contributed by atoms with Gasteiger partial charge in [0.25, 0.3) is 0 Å². The first kappa shape index (κ1) is 20.1. The fraction of sp³-hybridized carbons (Fsp3) is 0.429. The van der Waals surface area contributed by atoms with Gasteiger partial charge in [-0.1, -0.05) is 0 Å². The summed E-state index contributed by atoms with van der Waals surface area (Å²) in [6.45, 7) is 8.50. The summed E-state index contributed by atoms with van der Waals surface area (Å²) < 4.78 is 16.6. The number of hydrogen-bond acceptors (Lipinski definition) is 9. The number of piperazine rings is 1. The van der Waals surface area contributed by atoms with E-state index in [4.69, 9.17) is 13.9 Å². The number of ether oxygens (including phenoxy) is 2. The molecule has 9 nitrogen and oxygen atoms in total. The first-order valence-electron chi connectivity index (χ1n) is 10.1. The molecule has 158 valence electrons. The molecule has 3 aromatic rings. The van der Waals surface area contributed by atoms with Gasteiger partial charge >= 0.3 is 0 Å². The maximum absolute atomic E-state index is 5.86. The van der Waals surface area contributed by atoms with Crippen molar-refractivity contribution < 1.29 is 13.9 Å². The minimum Gasteiger partial charge on any atom is -0.497 e. The number of aromatic nitrogens is 4. The van der Waals surface area contributed by atoms with Crippen LogP contribution in [0.25, 0.3) is 11.5 Å². The molecule has 0 aliphatic carbocycles. The van der Waals surface area contributed by atoms with Crippen molar-refractivity contribution in [2.45, 2.75) is 20.4 Å². The third-order valence-corrected chi connectivity index (χ3v) is 4.93. The lowest BCUT2D eigenvalue weighted by molar-refractivity contribution is 0.225. The molecule has 1 fully saturated rings. The average Bonchev–Trinajstić information content (AvgIpc) is 3.22. The van der Waals surface area contributed by atoms with Crippen molar-refractivity contribution >= 4 is 5.95 Å². The van der Waals surface area contributed by atoms with Crippen LogP contribution in [0.3, 0.4) is 0 Å². The van der Waals surface area contributed by atoms with E-state index in [2.05, 4.69) is 30.0 Å². The Balaban J connectivity index is 1.34. The van der Waals surface area contributed by atoms with Crippen LogP contribution in [0, 0.1) is 6.92 Å². The zero-order valence-electron chi connectivity index (χ0n) is 17.5. The zero-order chi connectivity index (χ0) is 20.9. The summed E-state index contributed by atoms with van der Waals surface area (Å²) in [7, 11) is 1.64. The van der Waals surface area contributed by atoms with Gasteiger partial charge < -0.3 is 18.8 Å². The minimum absolute atomic E-state index is 0.517. The zero-order valence-corrected chi connectivity index (χ0v) is 17.5. The molecule has 2 aromatic heterocycles. The van der Waals surface area contributed by atoms with E-state index >= 15 is 0 Å². The molecule has 0 unspecified atom stereocenters. The van der Waals surface area contributed by atoms with Crippen molar-refractivity contribution in [1.82, 2.24) is 25.1 Å². The van der Waals surface area contributed by atoms with Gasteiger partial charge in [0.15, 0.2) is 0 Å². The molecule has 1 saturated heterocycles. The molecule has 1 aliphatic heterocycles. The molecule has 0 radical (unpaired) electrons. The Morgan fingerprint density at radius 1 is 1.03 bits per heavy atom. The fourth-order valence-corrected chi connectivity index (χ4v) is 3.35. The Bertz CT molecular complexity index is 967. The van der Waals surface area contributed by atoms with E-state index in [0.717, 1.165) is 49.1 Å². The minimum atomic E-state index is 0.517. The Kier molecular flexibility index (Phi) is 6.08. The standard InChI is InChI=1S/C21H26N6O3/c1-4-29-18-13-15(2)22-21(23-18)27-11-9-26(10-12-27)14-19-24-25-20(30-19)16-5-7-17(28-3)8-6-16/h5-8,13H,4,9-12,14H2,1-3H3. The van der Waals surface area contributed by atoms with Crippen LogP contribution >= 0.6 is 0 Å². The maximum atomic E-state index is 5.86. The highest BCUT2D eigenvalue weighted by Gasteiger charge is 2.22. The second kappa shape index (κ2) is 9.08. The number of hydrogen-bond donors (Lipinski definition) is 0. The van der Waals surface area contributed by atoms with Crippen LogP contribution in [-0.4, -0.2) is 65.0 Å². The van der Waals surface area contributed by atoms with Crippen molar-refractivity contribution in [2.24, 2.45) is 0 Å². The number of aryl methyl sites for hydroxylation is 1. The first-order chi connectivity index (χ1) is 14.6. The van der Waals surface area contributed by atoms with Crippen LogP contribution in [0.2, 0.25) is 0 Å². The van der Waals surface area contributed by atoms with Crippen LogP contribution in [0.1, 0.15) is 18.5 Å². The molecule has 0 saturated carbocycles. The Morgan fingerprint density at radius 2 is 1.80 bits per heavy atom. The molecule has 1 aliphatic rings. The molecule has 3 heterocycles. The summed E-state index contributed by atoms with van der Waals surface area (Å²) in [5.41, 5.74) is 1.78. The van der Waals surface area contributed by atoms with Crippen molar-refractivity contribution in [3.8, 4) is 23.1 Å². The molecule has 0 spiro atoms. The smallest absolute Gasteiger partial charge is 0.247 e. The molecule has 0 atom stereocenters. The van der Waals surface area contributed by atoms with E-state index in [-0.39, 0.29) is 0 Å². The highest BCUT2D eigenvalue weighted by Crippen LogP contribution is 2.22. The Morgan fingerprint density at radius 3 is 2.50 bits per heavy atom. The van der Waals surface area contributed by atoms with Crippen molar-refractivity contribution in [3.05, 3.63) is 41.9 Å². The molecular formula is C21H26N6O3. The van der Waals surface area contributed by atoms with Gasteiger partial charge in [-0.05, 0) is 38.1 Å². The summed E-state index contributed by atoms with van der Waals surface area (Å²) in [6, 6.07) is 9.44. The molecule has 0 N–H and O–H groups in total. The van der Waals surface area contributed by atoms with E-state index in [9.17, 15) is 0 Å². The third-order valence-electron chi connectivity index (χ3n) is 4.93. The summed E-state index contributed by atoms with van der Waals surface area (Å²) in [6.07, 6.45) is 0. The lowest BCUT2D eigenvalue weighted by atomic mass is 10.2. The Hall–Kier alpha value is -3.20. The van der Waals surface area contributed by atoms with Crippen LogP contribution in [0.5, 0.6) is 11.6 Å². The van der Waals surface area contributed by atoms with E-state index in [1.807, 2.05) is 44.2 Å². The lowest BCUT2D eigenvalue weighted by Gasteiger charge is -2.34. The van der Waals surface area contributed by atoms with Gasteiger partial charge in [-0.25, -0.2) is 4.98 Å². The van der Waals surface area contributed by atoms with E-state index in [0.29, 0.717) is 30.8 Å². The topological polar surface area (TPSA) is 89.6 Å². The largest absolute Gasteiger partial charge is 0.497 e. The summed E-state index contributed by atoms with van der Waals surface area (Å²) in [5, 5.41) is 8.38. The number of rotatable bonds is 7. The third kappa shape index (κ3) is 4.68. The number of benzene rings is 1. The normalized spacial score (nSPS) is 14.7. The van der Waals surface area contributed by atoms with Gasteiger partial charge in [0.2, 0.25) is 23.6 Å². The maximum Gasteiger partial charge on any atom is 0.247 e. The molecule has 4 rings (SSSR count). The fourth-order valence-electron chi connectivity index (χ4n) is 3.35. The van der Waals surface area contributed by atoms with Gasteiger partial charge in [-0.15, -0.1) is 10.2 Å². The molecule has 0 amide bonds. The van der Waals surface area contributed by atoms with Crippen molar-refractivity contribution in [1.29, 1.82) is 0 Å². The molecule has 30 heavy (non-hydrogen) atoms. The Labute approximate surface area is 175 Å². The molecule has 0 bridgehead atoms. The lowest BCUT2D eigenvalue weighted by Crippen LogP contribution is -2.46. The van der Waals surface area contributed by atoms with E-state index < -0.39 is 0 Å². The van der Waals surface area contributed by atoms with Crippen molar-refractivity contribution in [2.75, 3.05) is 44.8 Å². The van der Waals surface area contributed by atoms with E-state index in [1.54, 1.807) is 7.11 Å². The van der Waals surface area contributed by atoms with E-state index in [1.165, 1.54) is 0 Å². The molecule has 1 aromatic carbocycles. The molecular weight excluding hydrogens is 384 g/mol. The summed E-state index contributed by atoms with van der Waals surface area (Å²) >= 11 is 0. The summed E-state index contributed by atoms with van der Waals surface area (Å²) in [5.74, 6) is 3.27. The number of nitrogens with zero attached hydrogens (tertiary/aromatic N) is 6. The van der Waals surface area contributed by atoms with Crippen molar-refractivity contribution in [3.63, 3.8) is 0 Å². The number of anilines is 1. The first-order valence-corrected chi connectivity index (χ1v) is 10.1. The van der Waals surface area contributed by atoms with Crippen LogP contribution < -0.4 is 14.4 Å². The van der Waals surface area contributed by atoms with Gasteiger partial charge in [-0.3, -0.25) is 4.90 Å². The van der Waals surface area contributed by atoms with Gasteiger partial charge in [0, 0.05) is 43.5 Å². The highest BCUT2D eigenvalue weighted by atomic mass is 16.5. The monoisotopic (exact) mass is 410 g/mol. The van der Waals surface area contributed by atoms with Gasteiger partial charge in [-0.2, -0.15) is 4.98 Å². The van der Waals surface area contributed by atoms with Gasteiger partial charge in [0.05, 0.1) is 20.3 Å². The highest BCUT2D eigenvalue weighted by molar-refractivity contribution is 5.53. The number of methoxy groups -OCH3 is 1. The van der Waals surface area contributed by atoms with Gasteiger partial charge in [0.1, 0.15) is 5.75 Å². The summed E-state index contributed by atoms with van der Waals surface area (Å²) in [4.78, 5) is 13.6. The predicted molar refractivity (Wildman–Crippen MR) is 112 cm³/mol. The van der Waals surface area contributed by atoms with Crippen LogP contribution in [-0.2, 0) is 6.54 Å². The van der Waals surface area contributed by atoms with Crippen LogP contribution in [0.15, 0.2) is 34.7 Å². The van der Waals surface area contributed by atoms with Crippen LogP contribution in [0.4, 0.5) is 5.95 Å². The predicted octanol–water partition coefficient (Wildman–Crippen LogP) is 2.56. The molecule has 9 heteroatoms. The quantitative estimate of drug-likeness (QED) is 0.583. The average molecular weight is 410 g/mol. The SMILES string of the molecule is CCOc1cc(C)nc(N2CCN(Cc3nnc(-c4ccc(OC)cc4)o3)CC2)n1. The second-order valence-electron chi connectivity index (χ2n) is 7.07.